The molecule has 2 aliphatic carbocycles. The summed E-state index contributed by atoms with van der Waals surface area (Å²) in [5.41, 5.74) is 11.9. The Morgan fingerprint density at radius 3 is 2.16 bits per heavy atom. The number of thiophene rings is 1. The van der Waals surface area contributed by atoms with Crippen LogP contribution >= 0.6 is 11.3 Å². The van der Waals surface area contributed by atoms with Gasteiger partial charge in [0.25, 0.3) is 0 Å². The molecule has 0 bridgehead atoms. The number of hydrogen-bond donors (Lipinski definition) is 0. The molecular formula is C47H29N3S. The fraction of sp³-hybridized carbons (Fsp3) is 0.0213. The van der Waals surface area contributed by atoms with E-state index in [1.807, 2.05) is 6.07 Å². The average molecular weight is 668 g/mol. The Kier molecular flexibility index (Phi) is 6.18. The van der Waals surface area contributed by atoms with Crippen LogP contribution in [0.25, 0.3) is 81.2 Å². The van der Waals surface area contributed by atoms with Crippen molar-refractivity contribution in [2.45, 2.75) is 6.42 Å². The normalized spacial score (nSPS) is 14.1. The van der Waals surface area contributed by atoms with Gasteiger partial charge in [-0.15, -0.1) is 11.3 Å². The second kappa shape index (κ2) is 11.1. The number of aromatic nitrogens is 3. The number of hydrogen-bond acceptors (Lipinski definition) is 3. The van der Waals surface area contributed by atoms with Crippen molar-refractivity contribution in [3.63, 3.8) is 0 Å². The van der Waals surface area contributed by atoms with Crippen LogP contribution in [0.3, 0.4) is 0 Å². The fourth-order valence-electron chi connectivity index (χ4n) is 8.29. The van der Waals surface area contributed by atoms with E-state index in [0.29, 0.717) is 0 Å². The van der Waals surface area contributed by atoms with Gasteiger partial charge in [0.15, 0.2) is 11.6 Å². The maximum atomic E-state index is 5.46. The molecule has 0 spiro atoms. The summed E-state index contributed by atoms with van der Waals surface area (Å²) in [6, 6.07) is 48.2. The first-order valence-electron chi connectivity index (χ1n) is 17.4. The number of nitrogens with zero attached hydrogens (tertiary/aromatic N) is 3. The molecule has 0 N–H and O–H groups in total. The van der Waals surface area contributed by atoms with Crippen LogP contribution in [0.15, 0.2) is 169 Å². The lowest BCUT2D eigenvalue weighted by Crippen LogP contribution is -2.02. The maximum absolute atomic E-state index is 5.46. The summed E-state index contributed by atoms with van der Waals surface area (Å²) in [4.78, 5) is 10.7. The molecular weight excluding hydrogens is 639 g/mol. The van der Waals surface area contributed by atoms with Crippen molar-refractivity contribution in [2.75, 3.05) is 0 Å². The highest BCUT2D eigenvalue weighted by atomic mass is 32.1. The third kappa shape index (κ3) is 4.17. The third-order valence-corrected chi connectivity index (χ3v) is 11.6. The van der Waals surface area contributed by atoms with E-state index in [4.69, 9.17) is 9.97 Å². The van der Waals surface area contributed by atoms with Crippen molar-refractivity contribution < 1.29 is 0 Å². The highest BCUT2D eigenvalue weighted by Crippen LogP contribution is 2.51. The van der Waals surface area contributed by atoms with E-state index in [1.54, 1.807) is 11.3 Å². The topological polar surface area (TPSA) is 30.7 Å². The minimum Gasteiger partial charge on any atom is -0.292 e. The lowest BCUT2D eigenvalue weighted by atomic mass is 9.84. The first-order chi connectivity index (χ1) is 25.3. The van der Waals surface area contributed by atoms with Gasteiger partial charge < -0.3 is 0 Å². The van der Waals surface area contributed by atoms with Crippen molar-refractivity contribution in [3.05, 3.63) is 186 Å². The highest BCUT2D eigenvalue weighted by Gasteiger charge is 2.29. The van der Waals surface area contributed by atoms with Crippen LogP contribution in [0, 0.1) is 0 Å². The molecule has 3 nitrogen and oxygen atoms in total. The number of allylic oxidation sites excluding steroid dienone is 7. The summed E-state index contributed by atoms with van der Waals surface area (Å²) < 4.78 is 4.72. The summed E-state index contributed by atoms with van der Waals surface area (Å²) in [6.45, 7) is 0. The van der Waals surface area contributed by atoms with E-state index in [-0.39, 0.29) is 0 Å². The highest BCUT2D eigenvalue weighted by molar-refractivity contribution is 7.26. The van der Waals surface area contributed by atoms with E-state index in [0.717, 1.165) is 50.3 Å². The van der Waals surface area contributed by atoms with Gasteiger partial charge >= 0.3 is 0 Å². The summed E-state index contributed by atoms with van der Waals surface area (Å²) in [7, 11) is 0. The van der Waals surface area contributed by atoms with Crippen LogP contribution in [-0.2, 0) is 0 Å². The van der Waals surface area contributed by atoms with E-state index < -0.39 is 0 Å². The molecule has 0 fully saturated rings. The Hall–Kier alpha value is -6.36. The molecule has 0 unspecified atom stereocenters. The monoisotopic (exact) mass is 667 g/mol. The van der Waals surface area contributed by atoms with Crippen LogP contribution in [0.4, 0.5) is 0 Å². The van der Waals surface area contributed by atoms with Crippen molar-refractivity contribution in [2.24, 2.45) is 0 Å². The van der Waals surface area contributed by atoms with Crippen molar-refractivity contribution in [3.8, 4) is 17.2 Å². The molecule has 6 aromatic carbocycles. The number of rotatable bonds is 4. The van der Waals surface area contributed by atoms with Gasteiger partial charge in [-0.05, 0) is 68.8 Å². The number of benzene rings is 6. The SMILES string of the molecule is C1=CC=C(C2=C(c3ccccc3)c3cccc4c3c3c5c2cccc5ccc3n4-c2nc(-c3ccccc3)nc3c2sc2ccccc23)CC=C1. The lowest BCUT2D eigenvalue weighted by molar-refractivity contribution is 1.08. The van der Waals surface area contributed by atoms with Gasteiger partial charge in [0.05, 0.1) is 21.3 Å². The minimum atomic E-state index is 0.731. The van der Waals surface area contributed by atoms with Gasteiger partial charge in [-0.3, -0.25) is 4.57 Å². The third-order valence-electron chi connectivity index (χ3n) is 10.4. The Morgan fingerprint density at radius 1 is 0.549 bits per heavy atom. The Labute approximate surface area is 298 Å². The fourth-order valence-corrected chi connectivity index (χ4v) is 9.41. The molecule has 0 amide bonds. The quantitative estimate of drug-likeness (QED) is 0.187. The maximum Gasteiger partial charge on any atom is 0.162 e. The predicted octanol–water partition coefficient (Wildman–Crippen LogP) is 12.5. The van der Waals surface area contributed by atoms with Crippen LogP contribution in [-0.4, -0.2) is 14.5 Å². The second-order valence-electron chi connectivity index (χ2n) is 13.2. The van der Waals surface area contributed by atoms with E-state index in [2.05, 4.69) is 162 Å². The second-order valence-corrected chi connectivity index (χ2v) is 14.3. The molecule has 0 aliphatic heterocycles. The molecule has 2 aliphatic rings. The van der Waals surface area contributed by atoms with Crippen LogP contribution in [0.5, 0.6) is 0 Å². The molecule has 0 saturated heterocycles. The van der Waals surface area contributed by atoms with Crippen molar-refractivity contribution >= 4 is 75.4 Å². The Balaban J connectivity index is 1.34. The average Bonchev–Trinajstić information content (AvgIpc) is 3.55. The van der Waals surface area contributed by atoms with Gasteiger partial charge in [-0.2, -0.15) is 0 Å². The van der Waals surface area contributed by atoms with Gasteiger partial charge in [-0.25, -0.2) is 9.97 Å². The lowest BCUT2D eigenvalue weighted by Gasteiger charge is -2.20. The Bertz CT molecular complexity index is 3030. The smallest absolute Gasteiger partial charge is 0.162 e. The zero-order valence-corrected chi connectivity index (χ0v) is 28.4. The molecule has 0 saturated carbocycles. The predicted molar refractivity (Wildman–Crippen MR) is 216 cm³/mol. The minimum absolute atomic E-state index is 0.731. The van der Waals surface area contributed by atoms with Crippen LogP contribution in [0.2, 0.25) is 0 Å². The van der Waals surface area contributed by atoms with E-state index in [9.17, 15) is 0 Å². The van der Waals surface area contributed by atoms with Gasteiger partial charge in [0, 0.05) is 26.4 Å². The van der Waals surface area contributed by atoms with Gasteiger partial charge in [-0.1, -0.05) is 146 Å². The van der Waals surface area contributed by atoms with Crippen molar-refractivity contribution in [1.82, 2.24) is 14.5 Å². The largest absolute Gasteiger partial charge is 0.292 e. The zero-order valence-electron chi connectivity index (χ0n) is 27.5. The van der Waals surface area contributed by atoms with E-state index in [1.165, 1.54) is 59.7 Å². The molecule has 0 radical (unpaired) electrons. The zero-order chi connectivity index (χ0) is 33.5. The number of fused-ring (bicyclic) bond motifs is 3. The Morgan fingerprint density at radius 2 is 1.29 bits per heavy atom. The van der Waals surface area contributed by atoms with E-state index >= 15 is 0 Å². The molecule has 3 aromatic heterocycles. The first-order valence-corrected chi connectivity index (χ1v) is 18.2. The molecule has 238 valence electrons. The molecule has 3 heterocycles. The van der Waals surface area contributed by atoms with Crippen LogP contribution in [0.1, 0.15) is 23.1 Å². The van der Waals surface area contributed by atoms with Crippen LogP contribution < -0.4 is 0 Å². The molecule has 11 rings (SSSR count). The summed E-state index contributed by atoms with van der Waals surface area (Å²) in [6.07, 6.45) is 11.9. The van der Waals surface area contributed by atoms with Gasteiger partial charge in [0.1, 0.15) is 0 Å². The molecule has 0 atom stereocenters. The van der Waals surface area contributed by atoms with Crippen molar-refractivity contribution in [1.29, 1.82) is 0 Å². The first kappa shape index (κ1) is 28.5. The summed E-state index contributed by atoms with van der Waals surface area (Å²) >= 11 is 1.78. The summed E-state index contributed by atoms with van der Waals surface area (Å²) in [5, 5.41) is 6.21. The molecule has 51 heavy (non-hydrogen) atoms. The molecule has 9 aromatic rings. The van der Waals surface area contributed by atoms with Gasteiger partial charge in [0.2, 0.25) is 0 Å². The molecule has 4 heteroatoms. The summed E-state index contributed by atoms with van der Waals surface area (Å²) in [5.74, 6) is 1.65. The standard InChI is InChI=1S/C47H29N3S/c1-2-6-16-29(15-5-1)39-34-23-13-21-31-27-28-37-43(41(31)34)42-35(40(39)30-17-7-3-8-18-30)24-14-25-36(42)50(37)47-45-44(33-22-11-12-26-38(33)51-45)48-46(49-47)32-19-9-4-10-20-32/h1-15,17-28H,16H2.